The fraction of sp³-hybridized carbons (Fsp3) is 0.533. The van der Waals surface area contributed by atoms with Gasteiger partial charge < -0.3 is 9.47 Å². The molecule has 1 aliphatic heterocycles. The highest BCUT2D eigenvalue weighted by molar-refractivity contribution is 6.42. The van der Waals surface area contributed by atoms with Gasteiger partial charge in [0.2, 0.25) is 0 Å². The molecule has 1 aromatic carbocycles. The second-order valence-corrected chi connectivity index (χ2v) is 7.20. The van der Waals surface area contributed by atoms with Gasteiger partial charge in [0, 0.05) is 12.6 Å². The van der Waals surface area contributed by atoms with Crippen molar-refractivity contribution in [1.82, 2.24) is 14.5 Å². The zero-order valence-electron chi connectivity index (χ0n) is 12.1. The van der Waals surface area contributed by atoms with Crippen LogP contribution in [-0.2, 0) is 6.54 Å². The molecule has 3 rings (SSSR count). The highest BCUT2D eigenvalue weighted by atomic mass is 35.5. The zero-order chi connectivity index (χ0) is 15.1. The molecule has 1 fully saturated rings. The Bertz CT molecular complexity index is 666. The molecule has 0 saturated carbocycles. The smallest absolute Gasteiger partial charge is 0.127 e. The number of fused-ring (bicyclic) bond motifs is 1. The maximum atomic E-state index is 6.32. The lowest BCUT2D eigenvalue weighted by molar-refractivity contribution is 0.282. The summed E-state index contributed by atoms with van der Waals surface area (Å²) < 4.78 is 2.20. The van der Waals surface area contributed by atoms with Gasteiger partial charge in [-0.1, -0.05) is 23.2 Å². The molecule has 0 N–H and O–H groups in total. The fourth-order valence-electron chi connectivity index (χ4n) is 3.06. The Labute approximate surface area is 139 Å². The van der Waals surface area contributed by atoms with Crippen LogP contribution in [0.3, 0.4) is 0 Å². The van der Waals surface area contributed by atoms with Gasteiger partial charge >= 0.3 is 0 Å². The number of hydrogen-bond donors (Lipinski definition) is 0. The summed E-state index contributed by atoms with van der Waals surface area (Å²) in [6, 6.07) is 4.23. The molecule has 1 saturated heterocycles. The first-order chi connectivity index (χ1) is 9.97. The van der Waals surface area contributed by atoms with Crippen LogP contribution in [0.15, 0.2) is 12.1 Å². The van der Waals surface area contributed by atoms with Crippen molar-refractivity contribution < 1.29 is 0 Å². The van der Waals surface area contributed by atoms with E-state index in [1.54, 1.807) is 0 Å². The summed E-state index contributed by atoms with van der Waals surface area (Å²) in [6.07, 6.45) is 2.44. The first-order valence-electron chi connectivity index (χ1n) is 7.17. The van der Waals surface area contributed by atoms with Crippen LogP contribution in [0.25, 0.3) is 11.0 Å². The monoisotopic (exact) mass is 345 g/mol. The minimum Gasteiger partial charge on any atom is -0.325 e. The van der Waals surface area contributed by atoms with Crippen molar-refractivity contribution in [1.29, 1.82) is 0 Å². The SMILES string of the molecule is CC(Cl)c1nc2cc(Cl)c(Cl)cc2n1CC1CCCN1C. The van der Waals surface area contributed by atoms with E-state index in [1.165, 1.54) is 12.8 Å². The van der Waals surface area contributed by atoms with Crippen LogP contribution >= 0.6 is 34.8 Å². The van der Waals surface area contributed by atoms with Crippen LogP contribution in [-0.4, -0.2) is 34.1 Å². The van der Waals surface area contributed by atoms with Crippen LogP contribution in [0.2, 0.25) is 10.0 Å². The molecule has 0 spiro atoms. The van der Waals surface area contributed by atoms with Gasteiger partial charge in [0.1, 0.15) is 5.82 Å². The summed E-state index contributed by atoms with van der Waals surface area (Å²) in [6.45, 7) is 3.98. The van der Waals surface area contributed by atoms with Gasteiger partial charge in [-0.2, -0.15) is 0 Å². The Morgan fingerprint density at radius 1 is 1.33 bits per heavy atom. The number of likely N-dealkylation sites (N-methyl/N-ethyl adjacent to an activating group) is 1. The third-order valence-electron chi connectivity index (χ3n) is 4.24. The molecule has 0 radical (unpaired) electrons. The minimum atomic E-state index is -0.151. The first kappa shape index (κ1) is 15.4. The van der Waals surface area contributed by atoms with Crippen molar-refractivity contribution in [2.45, 2.75) is 37.7 Å². The van der Waals surface area contributed by atoms with E-state index in [2.05, 4.69) is 21.5 Å². The Morgan fingerprint density at radius 3 is 2.67 bits per heavy atom. The third kappa shape index (κ3) is 2.89. The van der Waals surface area contributed by atoms with Crippen LogP contribution in [0.5, 0.6) is 0 Å². The molecule has 3 nitrogen and oxygen atoms in total. The maximum Gasteiger partial charge on any atom is 0.127 e. The van der Waals surface area contributed by atoms with E-state index >= 15 is 0 Å². The Hall–Kier alpha value is -0.480. The van der Waals surface area contributed by atoms with Crippen molar-refractivity contribution in [2.24, 2.45) is 0 Å². The molecule has 1 aliphatic rings. The van der Waals surface area contributed by atoms with Gasteiger partial charge in [-0.15, -0.1) is 11.6 Å². The summed E-state index contributed by atoms with van der Waals surface area (Å²) in [7, 11) is 2.17. The number of likely N-dealkylation sites (tertiary alicyclic amines) is 1. The number of benzene rings is 1. The highest BCUT2D eigenvalue weighted by Gasteiger charge is 2.24. The maximum absolute atomic E-state index is 6.32. The van der Waals surface area contributed by atoms with E-state index in [9.17, 15) is 0 Å². The van der Waals surface area contributed by atoms with Gasteiger partial charge in [0.05, 0.1) is 26.5 Å². The summed E-state index contributed by atoms with van der Waals surface area (Å²) in [4.78, 5) is 7.05. The summed E-state index contributed by atoms with van der Waals surface area (Å²) in [5.74, 6) is 0.880. The Morgan fingerprint density at radius 2 is 2.05 bits per heavy atom. The average molecular weight is 347 g/mol. The van der Waals surface area contributed by atoms with Crippen molar-refractivity contribution in [3.63, 3.8) is 0 Å². The molecule has 114 valence electrons. The molecule has 1 aromatic heterocycles. The average Bonchev–Trinajstić information content (AvgIpc) is 2.97. The highest BCUT2D eigenvalue weighted by Crippen LogP contribution is 2.32. The summed E-state index contributed by atoms with van der Waals surface area (Å²) in [5, 5.41) is 0.932. The lowest BCUT2D eigenvalue weighted by Gasteiger charge is -2.22. The largest absolute Gasteiger partial charge is 0.325 e. The predicted molar refractivity (Wildman–Crippen MR) is 89.7 cm³/mol. The topological polar surface area (TPSA) is 21.1 Å². The molecule has 2 atom stereocenters. The van der Waals surface area contributed by atoms with Gasteiger partial charge in [0.15, 0.2) is 0 Å². The number of nitrogens with zero attached hydrogens (tertiary/aromatic N) is 3. The van der Waals surface area contributed by atoms with Gasteiger partial charge in [0.25, 0.3) is 0 Å². The van der Waals surface area contributed by atoms with Gasteiger partial charge in [-0.25, -0.2) is 4.98 Å². The van der Waals surface area contributed by atoms with Crippen LogP contribution in [0.4, 0.5) is 0 Å². The fourth-order valence-corrected chi connectivity index (χ4v) is 3.54. The van der Waals surface area contributed by atoms with Gasteiger partial charge in [-0.05, 0) is 45.5 Å². The van der Waals surface area contributed by atoms with Crippen LogP contribution < -0.4 is 0 Å². The Balaban J connectivity index is 2.09. The van der Waals surface area contributed by atoms with E-state index in [0.717, 1.165) is 29.9 Å². The van der Waals surface area contributed by atoms with E-state index in [4.69, 9.17) is 34.8 Å². The third-order valence-corrected chi connectivity index (χ3v) is 5.16. The second-order valence-electron chi connectivity index (χ2n) is 5.73. The molecule has 0 aliphatic carbocycles. The standard InChI is InChI=1S/C15H18Cl3N3/c1-9(16)15-19-13-6-11(17)12(18)7-14(13)21(15)8-10-4-3-5-20(10)2/h6-7,9-10H,3-5,8H2,1-2H3. The van der Waals surface area contributed by atoms with Crippen molar-refractivity contribution in [2.75, 3.05) is 13.6 Å². The molecule has 2 aromatic rings. The zero-order valence-corrected chi connectivity index (χ0v) is 14.4. The molecular formula is C15H18Cl3N3. The summed E-state index contributed by atoms with van der Waals surface area (Å²) >= 11 is 18.6. The van der Waals surface area contributed by atoms with E-state index in [1.807, 2.05) is 19.1 Å². The van der Waals surface area contributed by atoms with Crippen molar-refractivity contribution >= 4 is 45.8 Å². The lowest BCUT2D eigenvalue weighted by Crippen LogP contribution is -2.30. The molecule has 0 amide bonds. The quantitative estimate of drug-likeness (QED) is 0.749. The second kappa shape index (κ2) is 5.96. The van der Waals surface area contributed by atoms with E-state index in [0.29, 0.717) is 16.1 Å². The predicted octanol–water partition coefficient (Wildman–Crippen LogP) is 4.74. The molecule has 0 bridgehead atoms. The first-order valence-corrected chi connectivity index (χ1v) is 8.36. The molecular weight excluding hydrogens is 329 g/mol. The number of halogens is 3. The lowest BCUT2D eigenvalue weighted by atomic mass is 10.2. The minimum absolute atomic E-state index is 0.151. The van der Waals surface area contributed by atoms with Crippen molar-refractivity contribution in [3.05, 3.63) is 28.0 Å². The number of rotatable bonds is 3. The van der Waals surface area contributed by atoms with Crippen LogP contribution in [0.1, 0.15) is 31.0 Å². The summed E-state index contributed by atoms with van der Waals surface area (Å²) in [5.41, 5.74) is 1.86. The number of alkyl halides is 1. The normalized spacial score (nSPS) is 21.3. The number of hydrogen-bond acceptors (Lipinski definition) is 2. The number of aromatic nitrogens is 2. The molecule has 2 heterocycles. The van der Waals surface area contributed by atoms with E-state index in [-0.39, 0.29) is 5.38 Å². The molecule has 2 unspecified atom stereocenters. The van der Waals surface area contributed by atoms with Gasteiger partial charge in [-0.3, -0.25) is 0 Å². The van der Waals surface area contributed by atoms with E-state index < -0.39 is 0 Å². The molecule has 21 heavy (non-hydrogen) atoms. The Kier molecular flexibility index (Phi) is 4.37. The van der Waals surface area contributed by atoms with Crippen molar-refractivity contribution in [3.8, 4) is 0 Å². The van der Waals surface area contributed by atoms with Crippen LogP contribution in [0, 0.1) is 0 Å². The number of imidazole rings is 1. The molecule has 6 heteroatoms.